The molecule has 1 aromatic heterocycles. The lowest BCUT2D eigenvalue weighted by Crippen LogP contribution is -1.97. The van der Waals surface area contributed by atoms with E-state index in [2.05, 4.69) is 15.5 Å². The Bertz CT molecular complexity index is 674. The quantitative estimate of drug-likeness (QED) is 0.651. The highest BCUT2D eigenvalue weighted by atomic mass is 35.5. The fourth-order valence-corrected chi connectivity index (χ4v) is 2.86. The maximum absolute atomic E-state index is 6.26. The number of nitrogens with one attached hydrogen (secondary N) is 1. The Kier molecular flexibility index (Phi) is 5.27. The number of hydrogen-bond acceptors (Lipinski definition) is 6. The molecule has 2 rings (SSSR count). The van der Waals surface area contributed by atoms with Gasteiger partial charge in [0.15, 0.2) is 11.5 Å². The zero-order valence-electron chi connectivity index (χ0n) is 11.6. The summed E-state index contributed by atoms with van der Waals surface area (Å²) in [5.41, 5.74) is 4.29. The highest BCUT2D eigenvalue weighted by Crippen LogP contribution is 2.40. The molecular formula is C13H13Cl2N3O2S. The third-order valence-corrected chi connectivity index (χ3v) is 4.12. The topological polar surface area (TPSA) is 55.7 Å². The number of ether oxygens (including phenoxy) is 2. The molecule has 0 aliphatic rings. The predicted octanol–water partition coefficient (Wildman–Crippen LogP) is 4.22. The van der Waals surface area contributed by atoms with Crippen molar-refractivity contribution >= 4 is 45.9 Å². The summed E-state index contributed by atoms with van der Waals surface area (Å²) in [6.07, 6.45) is 1.52. The summed E-state index contributed by atoms with van der Waals surface area (Å²) in [4.78, 5) is 4.23. The van der Waals surface area contributed by atoms with Gasteiger partial charge in [-0.2, -0.15) is 5.10 Å². The normalized spacial score (nSPS) is 10.9. The van der Waals surface area contributed by atoms with Crippen molar-refractivity contribution in [3.63, 3.8) is 0 Å². The van der Waals surface area contributed by atoms with Crippen LogP contribution in [0.5, 0.6) is 11.5 Å². The minimum absolute atomic E-state index is 0.336. The molecule has 1 N–H and O–H groups in total. The first kappa shape index (κ1) is 15.9. The average Bonchev–Trinajstić information content (AvgIpc) is 2.87. The first-order chi connectivity index (χ1) is 10.1. The van der Waals surface area contributed by atoms with E-state index in [0.717, 1.165) is 5.69 Å². The van der Waals surface area contributed by atoms with Gasteiger partial charge < -0.3 is 9.47 Å². The number of rotatable bonds is 5. The van der Waals surface area contributed by atoms with Crippen LogP contribution >= 0.6 is 34.5 Å². The number of aryl methyl sites for hydroxylation is 1. The first-order valence-electron chi connectivity index (χ1n) is 5.88. The third-order valence-electron chi connectivity index (χ3n) is 2.57. The van der Waals surface area contributed by atoms with Gasteiger partial charge in [0.05, 0.1) is 36.2 Å². The second kappa shape index (κ2) is 6.98. The van der Waals surface area contributed by atoms with Crippen LogP contribution in [0.2, 0.25) is 10.0 Å². The van der Waals surface area contributed by atoms with Gasteiger partial charge in [0.2, 0.25) is 5.13 Å². The Labute approximate surface area is 136 Å². The van der Waals surface area contributed by atoms with Crippen molar-refractivity contribution in [2.24, 2.45) is 5.10 Å². The Balaban J connectivity index is 2.27. The van der Waals surface area contributed by atoms with Crippen molar-refractivity contribution in [3.8, 4) is 11.5 Å². The van der Waals surface area contributed by atoms with Crippen LogP contribution in [0.3, 0.4) is 0 Å². The molecule has 0 amide bonds. The average molecular weight is 346 g/mol. The van der Waals surface area contributed by atoms with Gasteiger partial charge in [-0.15, -0.1) is 11.3 Å². The molecule has 1 aromatic carbocycles. The molecule has 5 nitrogen and oxygen atoms in total. The number of benzene rings is 1. The monoisotopic (exact) mass is 345 g/mol. The molecule has 0 aliphatic heterocycles. The molecule has 0 bridgehead atoms. The summed E-state index contributed by atoms with van der Waals surface area (Å²) in [5, 5.41) is 7.45. The second-order valence-corrected chi connectivity index (χ2v) is 5.63. The van der Waals surface area contributed by atoms with E-state index >= 15 is 0 Å². The Hall–Kier alpha value is -1.50. The maximum atomic E-state index is 6.26. The number of hydrazone groups is 1. The molecule has 0 saturated heterocycles. The third kappa shape index (κ3) is 3.58. The van der Waals surface area contributed by atoms with Crippen molar-refractivity contribution in [2.45, 2.75) is 6.92 Å². The number of methoxy groups -OCH3 is 2. The van der Waals surface area contributed by atoms with Crippen LogP contribution in [0.25, 0.3) is 0 Å². The predicted molar refractivity (Wildman–Crippen MR) is 87.6 cm³/mol. The van der Waals surface area contributed by atoms with Crippen molar-refractivity contribution in [2.75, 3.05) is 19.6 Å². The SMILES string of the molecule is COc1cc(Cl)c(C=NNc2nc(C)cs2)c(Cl)c1OC. The Morgan fingerprint density at radius 1 is 1.33 bits per heavy atom. The number of nitrogens with zero attached hydrogens (tertiary/aromatic N) is 2. The summed E-state index contributed by atoms with van der Waals surface area (Å²) >= 11 is 13.9. The van der Waals surface area contributed by atoms with Gasteiger partial charge in [0.25, 0.3) is 0 Å². The molecule has 2 aromatic rings. The fourth-order valence-electron chi connectivity index (χ4n) is 1.61. The number of hydrogen-bond donors (Lipinski definition) is 1. The standard InChI is InChI=1S/C13H13Cl2N3O2S/c1-7-6-21-13(17-7)18-16-5-8-9(14)4-10(19-2)12(20-3)11(8)15/h4-6H,1-3H3,(H,17,18). The highest BCUT2D eigenvalue weighted by Gasteiger charge is 2.16. The number of thiazole rings is 1. The van der Waals surface area contributed by atoms with Gasteiger partial charge in [-0.3, -0.25) is 5.43 Å². The zero-order chi connectivity index (χ0) is 15.4. The largest absolute Gasteiger partial charge is 0.493 e. The first-order valence-corrected chi connectivity index (χ1v) is 7.51. The molecule has 1 heterocycles. The lowest BCUT2D eigenvalue weighted by molar-refractivity contribution is 0.355. The molecule has 0 unspecified atom stereocenters. The van der Waals surface area contributed by atoms with Gasteiger partial charge in [0.1, 0.15) is 0 Å². The van der Waals surface area contributed by atoms with E-state index in [9.17, 15) is 0 Å². The van der Waals surface area contributed by atoms with E-state index in [1.54, 1.807) is 6.07 Å². The summed E-state index contributed by atoms with van der Waals surface area (Å²) < 4.78 is 10.4. The fraction of sp³-hybridized carbons (Fsp3) is 0.231. The number of anilines is 1. The van der Waals surface area contributed by atoms with Crippen molar-refractivity contribution in [3.05, 3.63) is 32.7 Å². The molecule has 21 heavy (non-hydrogen) atoms. The van der Waals surface area contributed by atoms with E-state index in [4.69, 9.17) is 32.7 Å². The van der Waals surface area contributed by atoms with Crippen LogP contribution in [0.4, 0.5) is 5.13 Å². The van der Waals surface area contributed by atoms with Crippen LogP contribution in [0.15, 0.2) is 16.5 Å². The van der Waals surface area contributed by atoms with Gasteiger partial charge in [-0.25, -0.2) is 4.98 Å². The van der Waals surface area contributed by atoms with Crippen LogP contribution < -0.4 is 14.9 Å². The summed E-state index contributed by atoms with van der Waals surface area (Å²) in [6.45, 7) is 1.91. The van der Waals surface area contributed by atoms with E-state index < -0.39 is 0 Å². The van der Waals surface area contributed by atoms with Crippen LogP contribution in [-0.4, -0.2) is 25.4 Å². The summed E-state index contributed by atoms with van der Waals surface area (Å²) in [6, 6.07) is 1.63. The van der Waals surface area contributed by atoms with Crippen LogP contribution in [0, 0.1) is 6.92 Å². The van der Waals surface area contributed by atoms with E-state index in [-0.39, 0.29) is 0 Å². The molecule has 0 aliphatic carbocycles. The van der Waals surface area contributed by atoms with Crippen LogP contribution in [0.1, 0.15) is 11.3 Å². The Morgan fingerprint density at radius 3 is 2.67 bits per heavy atom. The number of aromatic nitrogens is 1. The smallest absolute Gasteiger partial charge is 0.203 e. The van der Waals surface area contributed by atoms with E-state index in [1.165, 1.54) is 31.8 Å². The lowest BCUT2D eigenvalue weighted by Gasteiger charge is -2.12. The zero-order valence-corrected chi connectivity index (χ0v) is 13.9. The summed E-state index contributed by atoms with van der Waals surface area (Å²) in [7, 11) is 3.03. The van der Waals surface area contributed by atoms with Crippen molar-refractivity contribution in [1.29, 1.82) is 0 Å². The van der Waals surface area contributed by atoms with Gasteiger partial charge in [0, 0.05) is 17.0 Å². The molecule has 0 spiro atoms. The van der Waals surface area contributed by atoms with Gasteiger partial charge >= 0.3 is 0 Å². The molecule has 112 valence electrons. The maximum Gasteiger partial charge on any atom is 0.203 e. The molecular weight excluding hydrogens is 333 g/mol. The van der Waals surface area contributed by atoms with E-state index in [1.807, 2.05) is 12.3 Å². The van der Waals surface area contributed by atoms with Crippen LogP contribution in [-0.2, 0) is 0 Å². The van der Waals surface area contributed by atoms with Gasteiger partial charge in [-0.1, -0.05) is 23.2 Å². The highest BCUT2D eigenvalue weighted by molar-refractivity contribution is 7.13. The number of halogens is 2. The lowest BCUT2D eigenvalue weighted by atomic mass is 10.2. The molecule has 0 atom stereocenters. The molecule has 0 saturated carbocycles. The minimum Gasteiger partial charge on any atom is -0.493 e. The molecule has 8 heteroatoms. The summed E-state index contributed by atoms with van der Waals surface area (Å²) in [5.74, 6) is 0.878. The molecule has 0 radical (unpaired) electrons. The second-order valence-electron chi connectivity index (χ2n) is 3.99. The van der Waals surface area contributed by atoms with Crippen molar-refractivity contribution in [1.82, 2.24) is 4.98 Å². The van der Waals surface area contributed by atoms with E-state index in [0.29, 0.717) is 32.2 Å². The Morgan fingerprint density at radius 2 is 2.10 bits per heavy atom. The van der Waals surface area contributed by atoms with Gasteiger partial charge in [-0.05, 0) is 6.92 Å². The minimum atomic E-state index is 0.336. The molecule has 0 fully saturated rings. The van der Waals surface area contributed by atoms with Crippen molar-refractivity contribution < 1.29 is 9.47 Å².